The van der Waals surface area contributed by atoms with Gasteiger partial charge in [0.1, 0.15) is 6.04 Å². The van der Waals surface area contributed by atoms with Crippen LogP contribution in [-0.2, 0) is 16.2 Å². The first-order chi connectivity index (χ1) is 15.9. The largest absolute Gasteiger partial charge is 0.416 e. The molecule has 3 aromatic carbocycles. The second kappa shape index (κ2) is 9.92. The van der Waals surface area contributed by atoms with Crippen molar-refractivity contribution in [3.8, 4) is 0 Å². The molecule has 0 amide bonds. The summed E-state index contributed by atoms with van der Waals surface area (Å²) in [6.07, 6.45) is -4.60. The summed E-state index contributed by atoms with van der Waals surface area (Å²) in [5.41, 5.74) is -1.56. The number of para-hydroxylation sites is 1. The Morgan fingerprint density at radius 1 is 0.941 bits per heavy atom. The fourth-order valence-corrected chi connectivity index (χ4v) is 4.92. The lowest BCUT2D eigenvalue weighted by Crippen LogP contribution is -2.43. The van der Waals surface area contributed by atoms with Gasteiger partial charge in [-0.2, -0.15) is 17.9 Å². The predicted molar refractivity (Wildman–Crippen MR) is 118 cm³/mol. The van der Waals surface area contributed by atoms with Gasteiger partial charge in [0.2, 0.25) is 10.0 Å². The van der Waals surface area contributed by atoms with Crippen molar-refractivity contribution < 1.29 is 31.3 Å². The highest BCUT2D eigenvalue weighted by molar-refractivity contribution is 7.89. The number of halogens is 4. The van der Waals surface area contributed by atoms with Gasteiger partial charge in [0.15, 0.2) is 10.7 Å². The molecule has 0 saturated carbocycles. The molecule has 3 aromatic rings. The van der Waals surface area contributed by atoms with Gasteiger partial charge in [-0.3, -0.25) is 14.9 Å². The Morgan fingerprint density at radius 3 is 2.06 bits per heavy atom. The number of benzene rings is 3. The van der Waals surface area contributed by atoms with Crippen LogP contribution in [0.2, 0.25) is 0 Å². The van der Waals surface area contributed by atoms with Crippen LogP contribution in [0, 0.1) is 10.1 Å². The van der Waals surface area contributed by atoms with Crippen LogP contribution in [-0.4, -0.2) is 25.2 Å². The first kappa shape index (κ1) is 25.3. The van der Waals surface area contributed by atoms with E-state index in [1.807, 2.05) is 0 Å². The molecule has 34 heavy (non-hydrogen) atoms. The number of hydrogen-bond donors (Lipinski definition) is 1. The number of ketones is 1. The van der Waals surface area contributed by atoms with Crippen molar-refractivity contribution in [1.29, 1.82) is 0 Å². The van der Waals surface area contributed by atoms with Crippen LogP contribution in [0.3, 0.4) is 0 Å². The highest BCUT2D eigenvalue weighted by Crippen LogP contribution is 2.33. The highest BCUT2D eigenvalue weighted by atomic mass is 35.5. The zero-order valence-electron chi connectivity index (χ0n) is 17.1. The molecule has 0 spiro atoms. The SMILES string of the molecule is O=C(c1ccccc1)[C@H](NS(=O)(=O)c1ccccc1[N+](=O)[O-])[C@H](Cl)c1ccc(C(F)(F)F)cc1. The molecule has 1 N–H and O–H groups in total. The molecule has 12 heteroatoms. The number of carbonyl (C=O) groups is 1. The average Bonchev–Trinajstić information content (AvgIpc) is 2.82. The Labute approximate surface area is 197 Å². The third-order valence-electron chi connectivity index (χ3n) is 4.82. The Morgan fingerprint density at radius 2 is 1.50 bits per heavy atom. The smallest absolute Gasteiger partial charge is 0.292 e. The minimum Gasteiger partial charge on any atom is -0.292 e. The second-order valence-electron chi connectivity index (χ2n) is 7.08. The van der Waals surface area contributed by atoms with Crippen LogP contribution in [0.1, 0.15) is 26.9 Å². The molecule has 0 aliphatic heterocycles. The molecule has 0 radical (unpaired) electrons. The van der Waals surface area contributed by atoms with E-state index >= 15 is 0 Å². The van der Waals surface area contributed by atoms with E-state index in [1.165, 1.54) is 36.4 Å². The van der Waals surface area contributed by atoms with E-state index in [0.717, 1.165) is 36.4 Å². The van der Waals surface area contributed by atoms with E-state index < -0.39 is 54.5 Å². The summed E-state index contributed by atoms with van der Waals surface area (Å²) in [6, 6.07) is 13.9. The van der Waals surface area contributed by atoms with E-state index in [1.54, 1.807) is 6.07 Å². The van der Waals surface area contributed by atoms with Crippen molar-refractivity contribution >= 4 is 33.1 Å². The van der Waals surface area contributed by atoms with Gasteiger partial charge in [-0.15, -0.1) is 11.6 Å². The molecule has 0 bridgehead atoms. The van der Waals surface area contributed by atoms with E-state index in [4.69, 9.17) is 11.6 Å². The molecule has 0 saturated heterocycles. The highest BCUT2D eigenvalue weighted by Gasteiger charge is 2.36. The third-order valence-corrected chi connectivity index (χ3v) is 6.82. The number of rotatable bonds is 8. The van der Waals surface area contributed by atoms with Gasteiger partial charge in [-0.1, -0.05) is 54.6 Å². The maximum atomic E-state index is 13.2. The van der Waals surface area contributed by atoms with Gasteiger partial charge in [0, 0.05) is 11.6 Å². The molecule has 0 heterocycles. The summed E-state index contributed by atoms with van der Waals surface area (Å²) in [4.78, 5) is 22.9. The molecule has 7 nitrogen and oxygen atoms in total. The molecule has 2 atom stereocenters. The number of carbonyl (C=O) groups excluding carboxylic acids is 1. The lowest BCUT2D eigenvalue weighted by Gasteiger charge is -2.23. The number of alkyl halides is 4. The van der Waals surface area contributed by atoms with Gasteiger partial charge < -0.3 is 0 Å². The lowest BCUT2D eigenvalue weighted by molar-refractivity contribution is -0.387. The minimum absolute atomic E-state index is 0.0363. The summed E-state index contributed by atoms with van der Waals surface area (Å²) < 4.78 is 66.9. The average molecular weight is 513 g/mol. The number of Topliss-reactive ketones (excluding diaryl/α,β-unsaturated/α-hetero) is 1. The number of sulfonamides is 1. The van der Waals surface area contributed by atoms with Crippen LogP contribution in [0.4, 0.5) is 18.9 Å². The van der Waals surface area contributed by atoms with Gasteiger partial charge in [0.05, 0.1) is 15.9 Å². The van der Waals surface area contributed by atoms with Crippen LogP contribution in [0.25, 0.3) is 0 Å². The van der Waals surface area contributed by atoms with Crippen LogP contribution < -0.4 is 4.72 Å². The maximum Gasteiger partial charge on any atom is 0.416 e. The maximum absolute atomic E-state index is 13.2. The molecule has 0 fully saturated rings. The van der Waals surface area contributed by atoms with Crippen molar-refractivity contribution in [2.24, 2.45) is 0 Å². The number of nitrogens with zero attached hydrogens (tertiary/aromatic N) is 1. The van der Waals surface area contributed by atoms with E-state index in [9.17, 15) is 36.5 Å². The summed E-state index contributed by atoms with van der Waals surface area (Å²) in [5.74, 6) is -0.775. The molecule has 178 valence electrons. The van der Waals surface area contributed by atoms with E-state index in [0.29, 0.717) is 0 Å². The number of nitrogens with one attached hydrogen (secondary N) is 1. The van der Waals surface area contributed by atoms with Gasteiger partial charge >= 0.3 is 6.18 Å². The first-order valence-corrected chi connectivity index (χ1v) is 11.5. The molecule has 0 unspecified atom stereocenters. The van der Waals surface area contributed by atoms with Crippen molar-refractivity contribution in [2.75, 3.05) is 0 Å². The molecular formula is C22H16ClF3N2O5S. The van der Waals surface area contributed by atoms with E-state index in [-0.39, 0.29) is 11.1 Å². The van der Waals surface area contributed by atoms with Crippen molar-refractivity contribution in [1.82, 2.24) is 4.72 Å². The van der Waals surface area contributed by atoms with Gasteiger partial charge in [0.25, 0.3) is 5.69 Å². The standard InChI is InChI=1S/C22H16ClF3N2O5S/c23-19(14-10-12-16(13-11-14)22(24,25)26)20(21(29)15-6-2-1-3-7-15)27-34(32,33)18-9-5-4-8-17(18)28(30)31/h1-13,19-20,27H/t19-,20-/m1/s1. The van der Waals surface area contributed by atoms with Crippen LogP contribution in [0.5, 0.6) is 0 Å². The summed E-state index contributed by atoms with van der Waals surface area (Å²) in [5, 5.41) is 9.87. The fraction of sp³-hybridized carbons (Fsp3) is 0.136. The first-order valence-electron chi connectivity index (χ1n) is 9.58. The molecular weight excluding hydrogens is 497 g/mol. The van der Waals surface area contributed by atoms with E-state index in [2.05, 4.69) is 4.72 Å². The van der Waals surface area contributed by atoms with Crippen molar-refractivity contribution in [2.45, 2.75) is 22.5 Å². The lowest BCUT2D eigenvalue weighted by atomic mass is 9.97. The Bertz CT molecular complexity index is 1300. The number of hydrogen-bond acceptors (Lipinski definition) is 5. The Kier molecular flexibility index (Phi) is 7.39. The summed E-state index contributed by atoms with van der Waals surface area (Å²) >= 11 is 6.42. The second-order valence-corrected chi connectivity index (χ2v) is 9.23. The Hall–Kier alpha value is -3.28. The Balaban J connectivity index is 2.04. The quantitative estimate of drug-likeness (QED) is 0.195. The van der Waals surface area contributed by atoms with Gasteiger partial charge in [-0.05, 0) is 23.8 Å². The fourth-order valence-electron chi connectivity index (χ4n) is 3.14. The van der Waals surface area contributed by atoms with Crippen LogP contribution in [0.15, 0.2) is 83.8 Å². The van der Waals surface area contributed by atoms with Crippen molar-refractivity contribution in [3.63, 3.8) is 0 Å². The normalized spacial score (nSPS) is 13.8. The summed E-state index contributed by atoms with van der Waals surface area (Å²) in [7, 11) is -4.65. The molecule has 0 aromatic heterocycles. The summed E-state index contributed by atoms with van der Waals surface area (Å²) in [6.45, 7) is 0. The van der Waals surface area contributed by atoms with Crippen molar-refractivity contribution in [3.05, 3.63) is 106 Å². The minimum atomic E-state index is -4.65. The third kappa shape index (κ3) is 5.61. The molecule has 0 aliphatic rings. The topological polar surface area (TPSA) is 106 Å². The van der Waals surface area contributed by atoms with Crippen LogP contribution >= 0.6 is 11.6 Å². The zero-order chi connectivity index (χ0) is 25.1. The zero-order valence-corrected chi connectivity index (χ0v) is 18.6. The monoisotopic (exact) mass is 512 g/mol. The number of nitro benzene ring substituents is 1. The molecule has 3 rings (SSSR count). The number of nitro groups is 1. The van der Waals surface area contributed by atoms with Gasteiger partial charge in [-0.25, -0.2) is 8.42 Å². The predicted octanol–water partition coefficient (Wildman–Crippen LogP) is 5.12. The molecule has 0 aliphatic carbocycles.